The summed E-state index contributed by atoms with van der Waals surface area (Å²) in [6.45, 7) is 6.71. The Morgan fingerprint density at radius 1 is 1.16 bits per heavy atom. The minimum absolute atomic E-state index is 0.124. The van der Waals surface area contributed by atoms with Crippen molar-refractivity contribution in [1.29, 1.82) is 0 Å². The number of thiazole rings is 1. The van der Waals surface area contributed by atoms with Crippen molar-refractivity contribution < 1.29 is 19.4 Å². The summed E-state index contributed by atoms with van der Waals surface area (Å²) in [5.41, 5.74) is 2.10. The average Bonchev–Trinajstić information content (AvgIpc) is 3.19. The molecule has 0 unspecified atom stereocenters. The normalized spacial score (nSPS) is 15.3. The van der Waals surface area contributed by atoms with Crippen LogP contribution >= 0.6 is 22.9 Å². The topological polar surface area (TPSA) is 93.4 Å². The maximum atomic E-state index is 13.8. The van der Waals surface area contributed by atoms with Gasteiger partial charge in [-0.1, -0.05) is 35.1 Å². The van der Waals surface area contributed by atoms with Gasteiger partial charge in [0, 0.05) is 18.1 Å². The number of halogens is 1. The Labute approximate surface area is 223 Å². The van der Waals surface area contributed by atoms with Crippen molar-refractivity contribution in [2.75, 3.05) is 27.3 Å². The zero-order valence-electron chi connectivity index (χ0n) is 21.2. The van der Waals surface area contributed by atoms with E-state index in [1.54, 1.807) is 46.7 Å². The summed E-state index contributed by atoms with van der Waals surface area (Å²) in [5, 5.41) is 10.8. The number of carbonyl (C=O) groups is 1. The number of phenolic OH excluding ortho intramolecular Hbond substituents is 1. The van der Waals surface area contributed by atoms with Crippen molar-refractivity contribution in [3.63, 3.8) is 0 Å². The lowest BCUT2D eigenvalue weighted by atomic mass is 9.94. The van der Waals surface area contributed by atoms with Crippen LogP contribution in [0.15, 0.2) is 57.5 Å². The van der Waals surface area contributed by atoms with Crippen LogP contribution in [0.5, 0.6) is 17.2 Å². The number of carbonyl (C=O) groups excluding carboxylic acids is 1. The number of ether oxygens (including phenoxy) is 2. The Morgan fingerprint density at radius 2 is 1.76 bits per heavy atom. The first-order valence-corrected chi connectivity index (χ1v) is 13.0. The molecule has 10 heteroatoms. The van der Waals surface area contributed by atoms with Gasteiger partial charge >= 0.3 is 0 Å². The molecule has 2 aromatic carbocycles. The minimum atomic E-state index is -0.660. The number of benzene rings is 2. The van der Waals surface area contributed by atoms with Gasteiger partial charge in [0.15, 0.2) is 16.3 Å². The number of hydrogen-bond donors (Lipinski definition) is 1. The number of nitrogens with zero attached hydrogens (tertiary/aromatic N) is 3. The van der Waals surface area contributed by atoms with E-state index in [4.69, 9.17) is 21.1 Å². The monoisotopic (exact) mass is 541 g/mol. The van der Waals surface area contributed by atoms with Gasteiger partial charge < -0.3 is 19.5 Å². The van der Waals surface area contributed by atoms with Crippen LogP contribution in [0.1, 0.15) is 37.9 Å². The van der Waals surface area contributed by atoms with Crippen LogP contribution in [0.3, 0.4) is 0 Å². The zero-order chi connectivity index (χ0) is 26.9. The van der Waals surface area contributed by atoms with Crippen molar-refractivity contribution in [1.82, 2.24) is 9.47 Å². The number of methoxy groups -OCH3 is 2. The Hall–Kier alpha value is -3.56. The molecule has 1 aliphatic rings. The smallest absolute Gasteiger partial charge is 0.271 e. The molecule has 4 rings (SSSR count). The van der Waals surface area contributed by atoms with Crippen molar-refractivity contribution in [3.8, 4) is 17.2 Å². The Balaban J connectivity index is 1.96. The summed E-state index contributed by atoms with van der Waals surface area (Å²) in [6, 6.07) is 9.73. The van der Waals surface area contributed by atoms with Gasteiger partial charge in [-0.2, -0.15) is 0 Å². The van der Waals surface area contributed by atoms with Gasteiger partial charge in [-0.25, -0.2) is 4.99 Å². The molecule has 1 amide bonds. The molecule has 3 aromatic rings. The summed E-state index contributed by atoms with van der Waals surface area (Å²) in [6.07, 6.45) is 1.69. The molecule has 1 aliphatic heterocycles. The van der Waals surface area contributed by atoms with E-state index in [0.29, 0.717) is 44.3 Å². The molecule has 0 spiro atoms. The van der Waals surface area contributed by atoms with Crippen LogP contribution in [-0.2, 0) is 4.79 Å². The summed E-state index contributed by atoms with van der Waals surface area (Å²) in [5.74, 6) is 0.163. The molecular formula is C27H28ClN3O5S. The van der Waals surface area contributed by atoms with Gasteiger partial charge in [-0.15, -0.1) is 0 Å². The molecule has 0 aliphatic carbocycles. The number of aromatic hydroxyl groups is 1. The summed E-state index contributed by atoms with van der Waals surface area (Å²) in [4.78, 5) is 34.3. The van der Waals surface area contributed by atoms with Crippen molar-refractivity contribution in [3.05, 3.63) is 83.5 Å². The highest BCUT2D eigenvalue weighted by Gasteiger charge is 2.34. The number of phenols is 1. The molecule has 37 heavy (non-hydrogen) atoms. The molecule has 0 fully saturated rings. The van der Waals surface area contributed by atoms with Gasteiger partial charge in [0.05, 0.1) is 36.1 Å². The third-order valence-corrected chi connectivity index (χ3v) is 7.52. The first kappa shape index (κ1) is 26.5. The van der Waals surface area contributed by atoms with Crippen LogP contribution in [0.4, 0.5) is 0 Å². The van der Waals surface area contributed by atoms with Gasteiger partial charge in [0.1, 0.15) is 0 Å². The summed E-state index contributed by atoms with van der Waals surface area (Å²) < 4.78 is 12.5. The van der Waals surface area contributed by atoms with E-state index in [2.05, 4.69) is 4.99 Å². The number of amides is 1. The number of hydrogen-bond acceptors (Lipinski definition) is 7. The highest BCUT2D eigenvalue weighted by Crippen LogP contribution is 2.37. The van der Waals surface area contributed by atoms with E-state index in [1.807, 2.05) is 26.0 Å². The van der Waals surface area contributed by atoms with E-state index in [0.717, 1.165) is 5.56 Å². The van der Waals surface area contributed by atoms with E-state index in [9.17, 15) is 14.7 Å². The van der Waals surface area contributed by atoms with Crippen molar-refractivity contribution >= 4 is 34.9 Å². The number of aromatic nitrogens is 1. The summed E-state index contributed by atoms with van der Waals surface area (Å²) in [7, 11) is 2.88. The molecule has 0 bridgehead atoms. The molecule has 1 atom stereocenters. The first-order valence-electron chi connectivity index (χ1n) is 11.8. The minimum Gasteiger partial charge on any atom is -0.502 e. The number of fused-ring (bicyclic) bond motifs is 1. The quantitative estimate of drug-likeness (QED) is 0.494. The predicted molar refractivity (Wildman–Crippen MR) is 144 cm³/mol. The fourth-order valence-electron chi connectivity index (χ4n) is 4.39. The van der Waals surface area contributed by atoms with Crippen LogP contribution < -0.4 is 24.4 Å². The average molecular weight is 542 g/mol. The van der Waals surface area contributed by atoms with E-state index < -0.39 is 6.04 Å². The van der Waals surface area contributed by atoms with E-state index in [-0.39, 0.29) is 28.7 Å². The van der Waals surface area contributed by atoms with Gasteiger partial charge in [0.25, 0.3) is 11.5 Å². The number of allylic oxidation sites excluding steroid dienone is 1. The number of likely N-dealkylation sites (N-methyl/N-ethyl adjacent to an activating group) is 1. The van der Waals surface area contributed by atoms with Gasteiger partial charge in [0.2, 0.25) is 5.75 Å². The lowest BCUT2D eigenvalue weighted by molar-refractivity contribution is -0.127. The molecule has 1 aromatic heterocycles. The SMILES string of the molecule is CCN(CC)C(=O)C1=C(C)N=c2s/c(=C/c3cc(OC)c(O)c(OC)c3)c(=O)n2[C@H]1c1ccc(Cl)cc1. The van der Waals surface area contributed by atoms with Crippen molar-refractivity contribution in [2.45, 2.75) is 26.8 Å². The molecule has 0 saturated heterocycles. The Bertz CT molecular complexity index is 1530. The molecule has 2 heterocycles. The third kappa shape index (κ3) is 4.89. The van der Waals surface area contributed by atoms with Crippen molar-refractivity contribution in [2.24, 2.45) is 4.99 Å². The van der Waals surface area contributed by atoms with Crippen LogP contribution in [0.25, 0.3) is 6.08 Å². The molecule has 0 radical (unpaired) electrons. The van der Waals surface area contributed by atoms with Gasteiger partial charge in [-0.3, -0.25) is 14.2 Å². The van der Waals surface area contributed by atoms with E-state index in [1.165, 1.54) is 25.6 Å². The third-order valence-electron chi connectivity index (χ3n) is 6.29. The lowest BCUT2D eigenvalue weighted by Crippen LogP contribution is -2.43. The molecular weight excluding hydrogens is 514 g/mol. The second kappa shape index (κ2) is 10.8. The standard InChI is InChI=1S/C27H28ClN3O5S/c1-6-30(7-2)26(34)22-15(3)29-27-31(23(22)17-8-10-18(28)11-9-17)25(33)21(37-27)14-16-12-19(35-4)24(32)20(13-16)36-5/h8-14,23,32H,6-7H2,1-5H3/b21-14+/t23-/m0/s1. The number of rotatable bonds is 7. The highest BCUT2D eigenvalue weighted by molar-refractivity contribution is 7.07. The van der Waals surface area contributed by atoms with Gasteiger partial charge in [-0.05, 0) is 62.2 Å². The largest absolute Gasteiger partial charge is 0.502 e. The van der Waals surface area contributed by atoms with Crippen LogP contribution in [-0.4, -0.2) is 47.8 Å². The zero-order valence-corrected chi connectivity index (χ0v) is 22.8. The molecule has 0 saturated carbocycles. The Kier molecular flexibility index (Phi) is 7.75. The fraction of sp³-hybridized carbons (Fsp3) is 0.296. The maximum absolute atomic E-state index is 13.8. The second-order valence-electron chi connectivity index (χ2n) is 8.38. The molecule has 194 valence electrons. The van der Waals surface area contributed by atoms with E-state index >= 15 is 0 Å². The predicted octanol–water partition coefficient (Wildman–Crippen LogP) is 3.48. The Morgan fingerprint density at radius 3 is 2.30 bits per heavy atom. The lowest BCUT2D eigenvalue weighted by Gasteiger charge is -2.29. The highest BCUT2D eigenvalue weighted by atomic mass is 35.5. The maximum Gasteiger partial charge on any atom is 0.271 e. The summed E-state index contributed by atoms with van der Waals surface area (Å²) >= 11 is 7.37. The second-order valence-corrected chi connectivity index (χ2v) is 9.83. The fourth-order valence-corrected chi connectivity index (χ4v) is 5.56. The molecule has 8 nitrogen and oxygen atoms in total. The first-order chi connectivity index (χ1) is 17.7. The van der Waals surface area contributed by atoms with Crippen LogP contribution in [0.2, 0.25) is 5.02 Å². The van der Waals surface area contributed by atoms with Crippen LogP contribution in [0, 0.1) is 0 Å². The molecule has 1 N–H and O–H groups in total.